The Morgan fingerprint density at radius 3 is 2.62 bits per heavy atom. The lowest BCUT2D eigenvalue weighted by molar-refractivity contribution is 0.0752. The van der Waals surface area contributed by atoms with E-state index in [9.17, 15) is 17.6 Å². The molecule has 0 saturated heterocycles. The molecule has 0 aliphatic rings. The first-order valence-corrected chi connectivity index (χ1v) is 9.42. The lowest BCUT2D eigenvalue weighted by Crippen LogP contribution is -2.30. The summed E-state index contributed by atoms with van der Waals surface area (Å²) in [6.45, 7) is 2.27. The van der Waals surface area contributed by atoms with Crippen molar-refractivity contribution in [3.63, 3.8) is 0 Å². The molecular formula is C19H19FN2O3S. The summed E-state index contributed by atoms with van der Waals surface area (Å²) in [5, 5.41) is 0. The SMILES string of the molecule is C#CCNS(=O)(=O)c1cccc(C(=O)N(CC)Cc2cccc(F)c2)c1. The minimum Gasteiger partial charge on any atom is -0.335 e. The van der Waals surface area contributed by atoms with E-state index in [0.29, 0.717) is 12.1 Å². The van der Waals surface area contributed by atoms with Crippen molar-refractivity contribution in [3.05, 3.63) is 65.5 Å². The first-order chi connectivity index (χ1) is 12.4. The van der Waals surface area contributed by atoms with Crippen LogP contribution in [-0.2, 0) is 16.6 Å². The molecule has 0 bridgehead atoms. The van der Waals surface area contributed by atoms with Crippen molar-refractivity contribution in [3.8, 4) is 12.3 Å². The lowest BCUT2D eigenvalue weighted by atomic mass is 10.1. The van der Waals surface area contributed by atoms with Gasteiger partial charge in [0.15, 0.2) is 0 Å². The van der Waals surface area contributed by atoms with E-state index in [4.69, 9.17) is 6.42 Å². The number of amides is 1. The van der Waals surface area contributed by atoms with Crippen LogP contribution in [0.2, 0.25) is 0 Å². The molecule has 7 heteroatoms. The Kier molecular flexibility index (Phi) is 6.50. The van der Waals surface area contributed by atoms with Gasteiger partial charge < -0.3 is 4.90 Å². The number of halogens is 1. The zero-order chi connectivity index (χ0) is 19.2. The number of nitrogens with zero attached hydrogens (tertiary/aromatic N) is 1. The molecular weight excluding hydrogens is 355 g/mol. The summed E-state index contributed by atoms with van der Waals surface area (Å²) in [6.07, 6.45) is 5.07. The van der Waals surface area contributed by atoms with Crippen LogP contribution in [0.5, 0.6) is 0 Å². The summed E-state index contributed by atoms with van der Waals surface area (Å²) in [7, 11) is -3.79. The highest BCUT2D eigenvalue weighted by Crippen LogP contribution is 2.15. The summed E-state index contributed by atoms with van der Waals surface area (Å²) in [5.41, 5.74) is 0.881. The minimum absolute atomic E-state index is 0.0413. The summed E-state index contributed by atoms with van der Waals surface area (Å²) in [6, 6.07) is 11.7. The average Bonchev–Trinajstić information content (AvgIpc) is 2.64. The Balaban J connectivity index is 2.25. The number of rotatable bonds is 7. The van der Waals surface area contributed by atoms with Gasteiger partial charge in [-0.1, -0.05) is 24.1 Å². The molecule has 0 spiro atoms. The van der Waals surface area contributed by atoms with Crippen LogP contribution < -0.4 is 4.72 Å². The smallest absolute Gasteiger partial charge is 0.254 e. The number of carbonyl (C=O) groups is 1. The molecule has 0 atom stereocenters. The highest BCUT2D eigenvalue weighted by molar-refractivity contribution is 7.89. The van der Waals surface area contributed by atoms with Crippen molar-refractivity contribution in [1.29, 1.82) is 0 Å². The topological polar surface area (TPSA) is 66.5 Å². The molecule has 1 amide bonds. The molecule has 0 saturated carbocycles. The van der Waals surface area contributed by atoms with Crippen LogP contribution >= 0.6 is 0 Å². The van der Waals surface area contributed by atoms with Crippen molar-refractivity contribution >= 4 is 15.9 Å². The van der Waals surface area contributed by atoms with Gasteiger partial charge in [0.1, 0.15) is 5.82 Å². The van der Waals surface area contributed by atoms with Crippen LogP contribution in [0.4, 0.5) is 4.39 Å². The molecule has 2 rings (SSSR count). The molecule has 0 radical (unpaired) electrons. The fraction of sp³-hybridized carbons (Fsp3) is 0.211. The average molecular weight is 374 g/mol. The number of carbonyl (C=O) groups excluding carboxylic acids is 1. The lowest BCUT2D eigenvalue weighted by Gasteiger charge is -2.21. The zero-order valence-corrected chi connectivity index (χ0v) is 15.1. The fourth-order valence-electron chi connectivity index (χ4n) is 2.38. The molecule has 0 aliphatic carbocycles. The van der Waals surface area contributed by atoms with E-state index in [1.165, 1.54) is 41.3 Å². The zero-order valence-electron chi connectivity index (χ0n) is 14.3. The van der Waals surface area contributed by atoms with Crippen molar-refractivity contribution in [1.82, 2.24) is 9.62 Å². The van der Waals surface area contributed by atoms with Gasteiger partial charge in [0, 0.05) is 18.7 Å². The van der Waals surface area contributed by atoms with E-state index in [1.807, 2.05) is 0 Å². The second kappa shape index (κ2) is 8.61. The molecule has 2 aromatic carbocycles. The molecule has 1 N–H and O–H groups in total. The predicted molar refractivity (Wildman–Crippen MR) is 97.3 cm³/mol. The van der Waals surface area contributed by atoms with Crippen molar-refractivity contribution in [2.24, 2.45) is 0 Å². The van der Waals surface area contributed by atoms with E-state index in [1.54, 1.807) is 19.1 Å². The number of benzene rings is 2. The Hall–Kier alpha value is -2.69. The third-order valence-corrected chi connectivity index (χ3v) is 5.09. The third kappa shape index (κ3) is 4.91. The Labute approximate surface area is 152 Å². The second-order valence-corrected chi connectivity index (χ2v) is 7.27. The van der Waals surface area contributed by atoms with E-state index in [0.717, 1.165) is 0 Å². The largest absolute Gasteiger partial charge is 0.335 e. The number of terminal acetylenes is 1. The summed E-state index contributed by atoms with van der Waals surface area (Å²) >= 11 is 0. The Morgan fingerprint density at radius 2 is 1.96 bits per heavy atom. The van der Waals surface area contributed by atoms with Gasteiger partial charge in [-0.2, -0.15) is 4.72 Å². The second-order valence-electron chi connectivity index (χ2n) is 5.51. The maximum absolute atomic E-state index is 13.3. The molecule has 0 fully saturated rings. The highest BCUT2D eigenvalue weighted by Gasteiger charge is 2.19. The maximum Gasteiger partial charge on any atom is 0.254 e. The summed E-state index contributed by atoms with van der Waals surface area (Å²) < 4.78 is 39.9. The van der Waals surface area contributed by atoms with Gasteiger partial charge in [0.25, 0.3) is 5.91 Å². The Morgan fingerprint density at radius 1 is 1.23 bits per heavy atom. The molecule has 136 valence electrons. The molecule has 26 heavy (non-hydrogen) atoms. The number of hydrogen-bond acceptors (Lipinski definition) is 3. The fourth-order valence-corrected chi connectivity index (χ4v) is 3.36. The molecule has 0 aromatic heterocycles. The van der Waals surface area contributed by atoms with E-state index in [-0.39, 0.29) is 35.3 Å². The van der Waals surface area contributed by atoms with Crippen LogP contribution in [-0.4, -0.2) is 32.3 Å². The molecule has 0 aliphatic heterocycles. The first kappa shape index (κ1) is 19.6. The van der Waals surface area contributed by atoms with Gasteiger partial charge in [-0.25, -0.2) is 12.8 Å². The van der Waals surface area contributed by atoms with Gasteiger partial charge in [0.2, 0.25) is 10.0 Å². The van der Waals surface area contributed by atoms with Crippen molar-refractivity contribution in [2.45, 2.75) is 18.4 Å². The highest BCUT2D eigenvalue weighted by atomic mass is 32.2. The van der Waals surface area contributed by atoms with Crippen LogP contribution in [0, 0.1) is 18.2 Å². The number of nitrogens with one attached hydrogen (secondary N) is 1. The molecule has 5 nitrogen and oxygen atoms in total. The summed E-state index contributed by atoms with van der Waals surface area (Å²) in [5.74, 6) is 1.48. The number of sulfonamides is 1. The normalized spacial score (nSPS) is 11.0. The standard InChI is InChI=1S/C19H19FN2O3S/c1-3-11-21-26(24,25)18-10-6-8-16(13-18)19(23)22(4-2)14-15-7-5-9-17(20)12-15/h1,5-10,12-13,21H,4,11,14H2,2H3. The minimum atomic E-state index is -3.79. The van der Waals surface area contributed by atoms with Crippen molar-refractivity contribution < 1.29 is 17.6 Å². The third-order valence-electron chi connectivity index (χ3n) is 3.69. The van der Waals surface area contributed by atoms with Crippen LogP contribution in [0.25, 0.3) is 0 Å². The van der Waals surface area contributed by atoms with E-state index < -0.39 is 10.0 Å². The van der Waals surface area contributed by atoms with Crippen LogP contribution in [0.3, 0.4) is 0 Å². The maximum atomic E-state index is 13.3. The first-order valence-electron chi connectivity index (χ1n) is 7.94. The monoisotopic (exact) mass is 374 g/mol. The molecule has 2 aromatic rings. The van der Waals surface area contributed by atoms with E-state index >= 15 is 0 Å². The van der Waals surface area contributed by atoms with Gasteiger partial charge in [-0.05, 0) is 42.8 Å². The molecule has 0 heterocycles. The van der Waals surface area contributed by atoms with Gasteiger partial charge in [-0.15, -0.1) is 6.42 Å². The summed E-state index contributed by atoms with van der Waals surface area (Å²) in [4.78, 5) is 14.2. The van der Waals surface area contributed by atoms with Gasteiger partial charge in [0.05, 0.1) is 11.4 Å². The van der Waals surface area contributed by atoms with E-state index in [2.05, 4.69) is 10.6 Å². The van der Waals surface area contributed by atoms with Gasteiger partial charge >= 0.3 is 0 Å². The number of hydrogen-bond donors (Lipinski definition) is 1. The quantitative estimate of drug-likeness (QED) is 0.757. The van der Waals surface area contributed by atoms with Gasteiger partial charge in [-0.3, -0.25) is 4.79 Å². The Bertz CT molecular complexity index is 936. The van der Waals surface area contributed by atoms with Crippen LogP contribution in [0.15, 0.2) is 53.4 Å². The predicted octanol–water partition coefficient (Wildman–Crippen LogP) is 2.40. The van der Waals surface area contributed by atoms with Crippen LogP contribution in [0.1, 0.15) is 22.8 Å². The van der Waals surface area contributed by atoms with Crippen molar-refractivity contribution in [2.75, 3.05) is 13.1 Å². The molecule has 0 unspecified atom stereocenters.